The summed E-state index contributed by atoms with van der Waals surface area (Å²) in [5.41, 5.74) is 2.01. The summed E-state index contributed by atoms with van der Waals surface area (Å²) in [5.74, 6) is 1.62. The molecule has 0 fully saturated rings. The Bertz CT molecular complexity index is 970. The minimum Gasteiger partial charge on any atom is -0.497 e. The number of carbonyl (C=O) groups excluding carboxylic acids is 1. The summed E-state index contributed by atoms with van der Waals surface area (Å²) in [7, 11) is 1.59. The van der Waals surface area contributed by atoms with Gasteiger partial charge in [0.15, 0.2) is 5.78 Å². The lowest BCUT2D eigenvalue weighted by Gasteiger charge is -2.14. The lowest BCUT2D eigenvalue weighted by atomic mass is 10.0. The Morgan fingerprint density at radius 2 is 1.66 bits per heavy atom. The van der Waals surface area contributed by atoms with Crippen LogP contribution < -0.4 is 14.2 Å². The van der Waals surface area contributed by atoms with Gasteiger partial charge in [0.25, 0.3) is 0 Å². The fraction of sp³-hybridized carbons (Fsp3) is 0.208. The summed E-state index contributed by atoms with van der Waals surface area (Å²) >= 11 is 3.48. The van der Waals surface area contributed by atoms with E-state index in [9.17, 15) is 4.79 Å². The Balaban J connectivity index is 1.91. The molecule has 5 heteroatoms. The van der Waals surface area contributed by atoms with Gasteiger partial charge in [0.1, 0.15) is 23.9 Å². The summed E-state index contributed by atoms with van der Waals surface area (Å²) in [6.45, 7) is 3.00. The van der Waals surface area contributed by atoms with E-state index in [4.69, 9.17) is 14.2 Å². The van der Waals surface area contributed by atoms with Gasteiger partial charge in [-0.1, -0.05) is 53.2 Å². The van der Waals surface area contributed by atoms with E-state index in [0.29, 0.717) is 46.1 Å². The molecule has 0 heterocycles. The van der Waals surface area contributed by atoms with E-state index in [1.807, 2.05) is 49.4 Å². The SMILES string of the molecule is CCCOc1ccc(Br)c(C(=O)c2ccc(OC)cc2OCc2ccccc2)c1. The highest BCUT2D eigenvalue weighted by atomic mass is 79.9. The Morgan fingerprint density at radius 1 is 0.897 bits per heavy atom. The van der Waals surface area contributed by atoms with Crippen molar-refractivity contribution in [1.82, 2.24) is 0 Å². The van der Waals surface area contributed by atoms with E-state index < -0.39 is 0 Å². The van der Waals surface area contributed by atoms with Crippen LogP contribution in [0.3, 0.4) is 0 Å². The smallest absolute Gasteiger partial charge is 0.198 e. The molecular formula is C24H23BrO4. The molecule has 29 heavy (non-hydrogen) atoms. The Hall–Kier alpha value is -2.79. The molecule has 0 amide bonds. The van der Waals surface area contributed by atoms with Crippen LogP contribution in [0.25, 0.3) is 0 Å². The molecular weight excluding hydrogens is 432 g/mol. The molecule has 0 bridgehead atoms. The largest absolute Gasteiger partial charge is 0.497 e. The van der Waals surface area contributed by atoms with Gasteiger partial charge in [-0.05, 0) is 42.3 Å². The van der Waals surface area contributed by atoms with Gasteiger partial charge in [-0.2, -0.15) is 0 Å². The maximum Gasteiger partial charge on any atom is 0.198 e. The molecule has 0 aromatic heterocycles. The predicted octanol–water partition coefficient (Wildman–Crippen LogP) is 6.06. The van der Waals surface area contributed by atoms with E-state index in [2.05, 4.69) is 15.9 Å². The summed E-state index contributed by atoms with van der Waals surface area (Å²) in [6, 6.07) is 20.5. The zero-order valence-corrected chi connectivity index (χ0v) is 18.1. The number of ketones is 1. The standard InChI is InChI=1S/C24H23BrO4/c1-3-13-28-19-10-12-22(25)21(14-19)24(26)20-11-9-18(27-2)15-23(20)29-16-17-7-5-4-6-8-17/h4-12,14-15H,3,13,16H2,1-2H3. The Morgan fingerprint density at radius 3 is 2.38 bits per heavy atom. The molecule has 0 radical (unpaired) electrons. The second-order valence-corrected chi connectivity index (χ2v) is 7.31. The van der Waals surface area contributed by atoms with Crippen LogP contribution in [0.1, 0.15) is 34.8 Å². The van der Waals surface area contributed by atoms with Gasteiger partial charge in [-0.15, -0.1) is 0 Å². The van der Waals surface area contributed by atoms with Gasteiger partial charge in [0, 0.05) is 16.1 Å². The van der Waals surface area contributed by atoms with Gasteiger partial charge in [-0.3, -0.25) is 4.79 Å². The fourth-order valence-corrected chi connectivity index (χ4v) is 3.23. The van der Waals surface area contributed by atoms with Crippen molar-refractivity contribution in [3.8, 4) is 17.2 Å². The molecule has 0 atom stereocenters. The monoisotopic (exact) mass is 454 g/mol. The third kappa shape index (κ3) is 5.39. The van der Waals surface area contributed by atoms with Crippen LogP contribution >= 0.6 is 15.9 Å². The average molecular weight is 455 g/mol. The fourth-order valence-electron chi connectivity index (χ4n) is 2.81. The van der Waals surface area contributed by atoms with Gasteiger partial charge in [0.05, 0.1) is 19.3 Å². The lowest BCUT2D eigenvalue weighted by Crippen LogP contribution is -2.07. The quantitative estimate of drug-likeness (QED) is 0.368. The molecule has 4 nitrogen and oxygen atoms in total. The van der Waals surface area contributed by atoms with Crippen molar-refractivity contribution < 1.29 is 19.0 Å². The van der Waals surface area contributed by atoms with Gasteiger partial charge in [-0.25, -0.2) is 0 Å². The van der Waals surface area contributed by atoms with E-state index in [-0.39, 0.29) is 5.78 Å². The zero-order valence-electron chi connectivity index (χ0n) is 16.5. The van der Waals surface area contributed by atoms with Gasteiger partial charge < -0.3 is 14.2 Å². The number of ether oxygens (including phenoxy) is 3. The summed E-state index contributed by atoms with van der Waals surface area (Å²) in [6.07, 6.45) is 0.898. The number of rotatable bonds is 9. The molecule has 0 saturated carbocycles. The van der Waals surface area contributed by atoms with Crippen molar-refractivity contribution >= 4 is 21.7 Å². The van der Waals surface area contributed by atoms with E-state index in [0.717, 1.165) is 12.0 Å². The molecule has 0 aliphatic carbocycles. The lowest BCUT2D eigenvalue weighted by molar-refractivity contribution is 0.103. The van der Waals surface area contributed by atoms with Crippen LogP contribution in [-0.2, 0) is 6.61 Å². The van der Waals surface area contributed by atoms with Crippen molar-refractivity contribution in [2.24, 2.45) is 0 Å². The first-order valence-corrected chi connectivity index (χ1v) is 10.2. The first kappa shape index (κ1) is 20.9. The van der Waals surface area contributed by atoms with Crippen molar-refractivity contribution in [3.05, 3.63) is 87.9 Å². The third-order valence-corrected chi connectivity index (χ3v) is 5.02. The molecule has 150 valence electrons. The van der Waals surface area contributed by atoms with Crippen molar-refractivity contribution in [2.45, 2.75) is 20.0 Å². The highest BCUT2D eigenvalue weighted by molar-refractivity contribution is 9.10. The normalized spacial score (nSPS) is 10.4. The summed E-state index contributed by atoms with van der Waals surface area (Å²) in [5, 5.41) is 0. The van der Waals surface area contributed by atoms with Crippen LogP contribution in [0.4, 0.5) is 0 Å². The molecule has 3 aromatic rings. The van der Waals surface area contributed by atoms with Crippen LogP contribution in [0.5, 0.6) is 17.2 Å². The maximum absolute atomic E-state index is 13.3. The third-order valence-electron chi connectivity index (χ3n) is 4.33. The van der Waals surface area contributed by atoms with Crippen LogP contribution in [0, 0.1) is 0 Å². The number of hydrogen-bond acceptors (Lipinski definition) is 4. The molecule has 0 aliphatic heterocycles. The van der Waals surface area contributed by atoms with E-state index in [1.165, 1.54) is 0 Å². The van der Waals surface area contributed by atoms with E-state index >= 15 is 0 Å². The molecule has 0 N–H and O–H groups in total. The minimum atomic E-state index is -0.149. The number of carbonyl (C=O) groups is 1. The van der Waals surface area contributed by atoms with Crippen molar-refractivity contribution in [2.75, 3.05) is 13.7 Å². The number of hydrogen-bond donors (Lipinski definition) is 0. The van der Waals surface area contributed by atoms with E-state index in [1.54, 1.807) is 31.4 Å². The molecule has 0 aliphatic rings. The average Bonchev–Trinajstić information content (AvgIpc) is 2.77. The second kappa shape index (κ2) is 10.1. The number of benzene rings is 3. The first-order valence-electron chi connectivity index (χ1n) is 9.44. The highest BCUT2D eigenvalue weighted by Crippen LogP contribution is 2.31. The minimum absolute atomic E-state index is 0.149. The molecule has 3 rings (SSSR count). The molecule has 3 aromatic carbocycles. The molecule has 0 spiro atoms. The second-order valence-electron chi connectivity index (χ2n) is 6.46. The Kier molecular flexibility index (Phi) is 7.30. The molecule has 0 unspecified atom stereocenters. The summed E-state index contributed by atoms with van der Waals surface area (Å²) in [4.78, 5) is 13.3. The highest BCUT2D eigenvalue weighted by Gasteiger charge is 2.19. The topological polar surface area (TPSA) is 44.8 Å². The van der Waals surface area contributed by atoms with Crippen LogP contribution in [-0.4, -0.2) is 19.5 Å². The number of halogens is 1. The first-order chi connectivity index (χ1) is 14.1. The van der Waals surface area contributed by atoms with Gasteiger partial charge >= 0.3 is 0 Å². The summed E-state index contributed by atoms with van der Waals surface area (Å²) < 4.78 is 17.7. The molecule has 0 saturated heterocycles. The number of methoxy groups -OCH3 is 1. The van der Waals surface area contributed by atoms with Crippen molar-refractivity contribution in [3.63, 3.8) is 0 Å². The van der Waals surface area contributed by atoms with Crippen LogP contribution in [0.2, 0.25) is 0 Å². The van der Waals surface area contributed by atoms with Crippen LogP contribution in [0.15, 0.2) is 71.2 Å². The zero-order chi connectivity index (χ0) is 20.6. The Labute approximate surface area is 179 Å². The predicted molar refractivity (Wildman–Crippen MR) is 117 cm³/mol. The van der Waals surface area contributed by atoms with Crippen molar-refractivity contribution in [1.29, 1.82) is 0 Å². The maximum atomic E-state index is 13.3. The van der Waals surface area contributed by atoms with Gasteiger partial charge in [0.2, 0.25) is 0 Å².